The average molecular weight is 236 g/mol. The molecule has 1 unspecified atom stereocenters. The van der Waals surface area contributed by atoms with Gasteiger partial charge in [0.2, 0.25) is 0 Å². The predicted molar refractivity (Wildman–Crippen MR) is 58.9 cm³/mol. The Morgan fingerprint density at radius 3 is 2.50 bits per heavy atom. The van der Waals surface area contributed by atoms with Crippen LogP contribution in [-0.4, -0.2) is 26.5 Å². The van der Waals surface area contributed by atoms with E-state index in [2.05, 4.69) is 14.1 Å². The molecular formula is C8H14ClN3OS. The maximum Gasteiger partial charge on any atom is 0.186 e. The maximum atomic E-state index is 9.20. The summed E-state index contributed by atoms with van der Waals surface area (Å²) < 4.78 is 7.83. The van der Waals surface area contributed by atoms with Crippen molar-refractivity contribution < 1.29 is 5.11 Å². The fourth-order valence-corrected chi connectivity index (χ4v) is 1.62. The summed E-state index contributed by atoms with van der Waals surface area (Å²) in [4.78, 5) is 0. The van der Waals surface area contributed by atoms with Gasteiger partial charge in [0.05, 0.1) is 24.4 Å². The Balaban J connectivity index is 2.71. The molecule has 0 saturated heterocycles. The molecule has 14 heavy (non-hydrogen) atoms. The van der Waals surface area contributed by atoms with Crippen LogP contribution in [0.25, 0.3) is 0 Å². The summed E-state index contributed by atoms with van der Waals surface area (Å²) in [7, 11) is 0. The van der Waals surface area contributed by atoms with Crippen LogP contribution in [-0.2, 0) is 0 Å². The number of aliphatic hydroxyl groups excluding tert-OH is 1. The van der Waals surface area contributed by atoms with Gasteiger partial charge in [0.25, 0.3) is 0 Å². The van der Waals surface area contributed by atoms with Gasteiger partial charge in [0.15, 0.2) is 11.0 Å². The standard InChI is InChI=1S/C8H14ClN3OS/c1-8(2,3)5(4-13)10-7-6(9)11-14-12-7/h5,13H,4H2,1-3H3,(H,10,12). The first-order valence-corrected chi connectivity index (χ1v) is 5.41. The van der Waals surface area contributed by atoms with Crippen molar-refractivity contribution in [1.82, 2.24) is 8.75 Å². The highest BCUT2D eigenvalue weighted by Crippen LogP contribution is 2.25. The Kier molecular flexibility index (Phi) is 3.69. The minimum Gasteiger partial charge on any atom is -0.394 e. The lowest BCUT2D eigenvalue weighted by Gasteiger charge is -2.29. The van der Waals surface area contributed by atoms with Crippen LogP contribution in [0.4, 0.5) is 5.82 Å². The molecule has 0 aromatic carbocycles. The molecule has 0 aliphatic carbocycles. The summed E-state index contributed by atoms with van der Waals surface area (Å²) >= 11 is 6.84. The predicted octanol–water partition coefficient (Wildman–Crippen LogP) is 2.01. The van der Waals surface area contributed by atoms with E-state index in [1.807, 2.05) is 20.8 Å². The first-order chi connectivity index (χ1) is 6.45. The van der Waals surface area contributed by atoms with Gasteiger partial charge in [-0.05, 0) is 5.41 Å². The van der Waals surface area contributed by atoms with Gasteiger partial charge in [-0.1, -0.05) is 32.4 Å². The number of nitrogens with zero attached hydrogens (tertiary/aromatic N) is 2. The second-order valence-electron chi connectivity index (χ2n) is 4.15. The number of aromatic nitrogens is 2. The Bertz CT molecular complexity index is 297. The molecule has 1 aromatic heterocycles. The van der Waals surface area contributed by atoms with Crippen molar-refractivity contribution in [2.45, 2.75) is 26.8 Å². The molecule has 2 N–H and O–H groups in total. The number of aliphatic hydroxyl groups is 1. The maximum absolute atomic E-state index is 9.20. The summed E-state index contributed by atoms with van der Waals surface area (Å²) in [6.07, 6.45) is 0. The molecule has 1 rings (SSSR count). The highest BCUT2D eigenvalue weighted by Gasteiger charge is 2.25. The van der Waals surface area contributed by atoms with Crippen LogP contribution < -0.4 is 5.32 Å². The quantitative estimate of drug-likeness (QED) is 0.842. The van der Waals surface area contributed by atoms with Crippen molar-refractivity contribution in [2.75, 3.05) is 11.9 Å². The highest BCUT2D eigenvalue weighted by atomic mass is 35.5. The molecule has 0 fully saturated rings. The van der Waals surface area contributed by atoms with E-state index >= 15 is 0 Å². The van der Waals surface area contributed by atoms with Gasteiger partial charge in [-0.3, -0.25) is 0 Å². The Morgan fingerprint density at radius 1 is 1.50 bits per heavy atom. The highest BCUT2D eigenvalue weighted by molar-refractivity contribution is 6.99. The number of halogens is 1. The van der Waals surface area contributed by atoms with Gasteiger partial charge in [-0.15, -0.1) is 0 Å². The van der Waals surface area contributed by atoms with E-state index in [1.54, 1.807) is 0 Å². The van der Waals surface area contributed by atoms with Crippen molar-refractivity contribution in [2.24, 2.45) is 5.41 Å². The van der Waals surface area contributed by atoms with Crippen LogP contribution in [0.5, 0.6) is 0 Å². The van der Waals surface area contributed by atoms with Crippen LogP contribution in [0.3, 0.4) is 0 Å². The molecule has 0 spiro atoms. The van der Waals surface area contributed by atoms with Crippen LogP contribution >= 0.6 is 23.3 Å². The number of rotatable bonds is 3. The first kappa shape index (κ1) is 11.7. The molecule has 6 heteroatoms. The second kappa shape index (κ2) is 4.42. The average Bonchev–Trinajstić information content (AvgIpc) is 2.45. The van der Waals surface area contributed by atoms with E-state index in [-0.39, 0.29) is 18.1 Å². The third-order valence-corrected chi connectivity index (χ3v) is 2.88. The van der Waals surface area contributed by atoms with E-state index in [0.29, 0.717) is 11.0 Å². The number of hydrogen-bond donors (Lipinski definition) is 2. The number of nitrogens with one attached hydrogen (secondary N) is 1. The summed E-state index contributed by atoms with van der Waals surface area (Å²) in [5, 5.41) is 12.6. The van der Waals surface area contributed by atoms with Gasteiger partial charge in [0, 0.05) is 0 Å². The Morgan fingerprint density at radius 2 is 2.14 bits per heavy atom. The van der Waals surface area contributed by atoms with E-state index in [4.69, 9.17) is 11.6 Å². The molecule has 1 atom stereocenters. The van der Waals surface area contributed by atoms with Crippen LogP contribution in [0.2, 0.25) is 5.15 Å². The summed E-state index contributed by atoms with van der Waals surface area (Å²) in [6, 6.07) is -0.0797. The molecule has 0 aliphatic rings. The van der Waals surface area contributed by atoms with Crippen LogP contribution in [0, 0.1) is 5.41 Å². The van der Waals surface area contributed by atoms with E-state index in [9.17, 15) is 5.11 Å². The number of anilines is 1. The molecule has 80 valence electrons. The molecular weight excluding hydrogens is 222 g/mol. The zero-order chi connectivity index (χ0) is 10.8. The smallest absolute Gasteiger partial charge is 0.186 e. The minimum absolute atomic E-state index is 0.0390. The normalized spacial score (nSPS) is 14.1. The lowest BCUT2D eigenvalue weighted by molar-refractivity contribution is 0.201. The Hall–Kier alpha value is -0.390. The summed E-state index contributed by atoms with van der Waals surface area (Å²) in [5.41, 5.74) is -0.0539. The van der Waals surface area contributed by atoms with E-state index in [1.165, 1.54) is 0 Å². The largest absolute Gasteiger partial charge is 0.394 e. The molecule has 0 aliphatic heterocycles. The molecule has 0 radical (unpaired) electrons. The first-order valence-electron chi connectivity index (χ1n) is 4.30. The lowest BCUT2D eigenvalue weighted by Crippen LogP contribution is -2.37. The molecule has 0 bridgehead atoms. The third kappa shape index (κ3) is 2.80. The molecule has 1 heterocycles. The van der Waals surface area contributed by atoms with Crippen molar-refractivity contribution in [1.29, 1.82) is 0 Å². The molecule has 1 aromatic rings. The zero-order valence-electron chi connectivity index (χ0n) is 8.41. The molecule has 0 saturated carbocycles. The van der Waals surface area contributed by atoms with Crippen molar-refractivity contribution in [3.05, 3.63) is 5.15 Å². The molecule has 4 nitrogen and oxygen atoms in total. The monoisotopic (exact) mass is 235 g/mol. The van der Waals surface area contributed by atoms with Crippen molar-refractivity contribution in [3.8, 4) is 0 Å². The van der Waals surface area contributed by atoms with Crippen molar-refractivity contribution >= 4 is 29.1 Å². The third-order valence-electron chi connectivity index (χ3n) is 1.99. The van der Waals surface area contributed by atoms with Gasteiger partial charge in [0.1, 0.15) is 0 Å². The van der Waals surface area contributed by atoms with Gasteiger partial charge < -0.3 is 10.4 Å². The van der Waals surface area contributed by atoms with Crippen LogP contribution in [0.15, 0.2) is 0 Å². The zero-order valence-corrected chi connectivity index (χ0v) is 9.98. The van der Waals surface area contributed by atoms with E-state index in [0.717, 1.165) is 11.7 Å². The van der Waals surface area contributed by atoms with E-state index < -0.39 is 0 Å². The SMILES string of the molecule is CC(C)(C)C(CO)Nc1nsnc1Cl. The Labute approximate surface area is 92.6 Å². The number of hydrogen-bond acceptors (Lipinski definition) is 5. The van der Waals surface area contributed by atoms with Gasteiger partial charge in [-0.25, -0.2) is 0 Å². The minimum atomic E-state index is -0.0797. The second-order valence-corrected chi connectivity index (χ2v) is 5.04. The summed E-state index contributed by atoms with van der Waals surface area (Å²) in [5.74, 6) is 0.547. The summed E-state index contributed by atoms with van der Waals surface area (Å²) in [6.45, 7) is 6.15. The topological polar surface area (TPSA) is 58.0 Å². The van der Waals surface area contributed by atoms with Gasteiger partial charge in [-0.2, -0.15) is 8.75 Å². The fourth-order valence-electron chi connectivity index (χ4n) is 0.965. The lowest BCUT2D eigenvalue weighted by atomic mass is 9.87. The molecule has 0 amide bonds. The van der Waals surface area contributed by atoms with Gasteiger partial charge >= 0.3 is 0 Å². The van der Waals surface area contributed by atoms with Crippen molar-refractivity contribution in [3.63, 3.8) is 0 Å². The van der Waals surface area contributed by atoms with Crippen LogP contribution in [0.1, 0.15) is 20.8 Å². The fraction of sp³-hybridized carbons (Fsp3) is 0.750.